The molecule has 2 aromatic rings. The normalized spacial score (nSPS) is 12.0. The Kier molecular flexibility index (Phi) is 5.66. The van der Waals surface area contributed by atoms with Crippen molar-refractivity contribution in [1.29, 1.82) is 0 Å². The van der Waals surface area contributed by atoms with Crippen LogP contribution in [0.4, 0.5) is 4.39 Å². The fraction of sp³-hybridized carbons (Fsp3) is 0.368. The second-order valence-corrected chi connectivity index (χ2v) is 8.03. The zero-order valence-electron chi connectivity index (χ0n) is 13.7. The van der Waals surface area contributed by atoms with E-state index in [9.17, 15) is 4.39 Å². The molecule has 23 heavy (non-hydrogen) atoms. The van der Waals surface area contributed by atoms with Gasteiger partial charge in [-0.2, -0.15) is 0 Å². The lowest BCUT2D eigenvalue weighted by atomic mass is 9.78. The van der Waals surface area contributed by atoms with Crippen LogP contribution in [0, 0.1) is 5.82 Å². The molecular formula is C19H20Cl3F. The second kappa shape index (κ2) is 7.01. The molecule has 0 aliphatic carbocycles. The van der Waals surface area contributed by atoms with Gasteiger partial charge in [-0.05, 0) is 58.7 Å². The first-order valence-corrected chi connectivity index (χ1v) is 8.68. The Labute approximate surface area is 152 Å². The summed E-state index contributed by atoms with van der Waals surface area (Å²) < 4.78 is 13.7. The van der Waals surface area contributed by atoms with Crippen molar-refractivity contribution in [2.24, 2.45) is 0 Å². The monoisotopic (exact) mass is 372 g/mol. The Hall–Kier alpha value is -0.760. The average molecular weight is 374 g/mol. The first kappa shape index (κ1) is 18.6. The summed E-state index contributed by atoms with van der Waals surface area (Å²) in [7, 11) is 0. The molecule has 0 saturated heterocycles. The second-order valence-electron chi connectivity index (χ2n) is 6.81. The van der Waals surface area contributed by atoms with E-state index in [4.69, 9.17) is 34.8 Å². The summed E-state index contributed by atoms with van der Waals surface area (Å²) in [5.41, 5.74) is 2.50. The van der Waals surface area contributed by atoms with Crippen LogP contribution in [0.3, 0.4) is 0 Å². The number of hydrogen-bond donors (Lipinski definition) is 0. The van der Waals surface area contributed by atoms with Gasteiger partial charge in [0.2, 0.25) is 0 Å². The van der Waals surface area contributed by atoms with E-state index in [1.54, 1.807) is 6.07 Å². The summed E-state index contributed by atoms with van der Waals surface area (Å²) in [5.74, 6) is -0.0904. The van der Waals surface area contributed by atoms with E-state index < -0.39 is 0 Å². The molecule has 0 aliphatic heterocycles. The third-order valence-electron chi connectivity index (χ3n) is 4.06. The third-order valence-corrected chi connectivity index (χ3v) is 5.05. The van der Waals surface area contributed by atoms with Gasteiger partial charge in [-0.25, -0.2) is 4.39 Å². The average Bonchev–Trinajstić information content (AvgIpc) is 2.40. The SMILES string of the molecule is CC(C)c1c(Cl)ccc(CC(C)(C)c2cc(F)cc(Cl)c2)c1Cl. The summed E-state index contributed by atoms with van der Waals surface area (Å²) in [4.78, 5) is 0. The van der Waals surface area contributed by atoms with Gasteiger partial charge in [0.25, 0.3) is 0 Å². The molecule has 0 saturated carbocycles. The van der Waals surface area contributed by atoms with Crippen LogP contribution in [0.2, 0.25) is 15.1 Å². The molecule has 0 fully saturated rings. The van der Waals surface area contributed by atoms with Crippen molar-refractivity contribution in [3.8, 4) is 0 Å². The maximum atomic E-state index is 13.7. The first-order valence-electron chi connectivity index (χ1n) is 7.55. The third kappa shape index (κ3) is 4.21. The van der Waals surface area contributed by atoms with Gasteiger partial charge in [-0.1, -0.05) is 68.6 Å². The molecule has 0 N–H and O–H groups in total. The smallest absolute Gasteiger partial charge is 0.124 e. The maximum Gasteiger partial charge on any atom is 0.124 e. The van der Waals surface area contributed by atoms with Crippen LogP contribution in [-0.4, -0.2) is 0 Å². The van der Waals surface area contributed by atoms with Crippen LogP contribution < -0.4 is 0 Å². The molecule has 4 heteroatoms. The molecule has 0 aliphatic rings. The molecule has 0 aromatic heterocycles. The van der Waals surface area contributed by atoms with E-state index in [1.165, 1.54) is 12.1 Å². The van der Waals surface area contributed by atoms with Crippen molar-refractivity contribution in [2.75, 3.05) is 0 Å². The largest absolute Gasteiger partial charge is 0.207 e. The molecule has 0 spiro atoms. The molecule has 0 nitrogen and oxygen atoms in total. The molecule has 0 unspecified atom stereocenters. The molecule has 0 amide bonds. The molecule has 124 valence electrons. The lowest BCUT2D eigenvalue weighted by molar-refractivity contribution is 0.515. The van der Waals surface area contributed by atoms with E-state index in [-0.39, 0.29) is 17.2 Å². The number of halogens is 4. The molecule has 0 atom stereocenters. The van der Waals surface area contributed by atoms with Crippen LogP contribution in [-0.2, 0) is 11.8 Å². The summed E-state index contributed by atoms with van der Waals surface area (Å²) in [6.07, 6.45) is 0.669. The van der Waals surface area contributed by atoms with Gasteiger partial charge in [0.05, 0.1) is 0 Å². The summed E-state index contributed by atoms with van der Waals surface area (Å²) in [5, 5.41) is 1.78. The maximum absolute atomic E-state index is 13.7. The van der Waals surface area contributed by atoms with Gasteiger partial charge in [-0.3, -0.25) is 0 Å². The Balaban J connectivity index is 2.43. The van der Waals surface area contributed by atoms with Crippen molar-refractivity contribution in [2.45, 2.75) is 45.4 Å². The fourth-order valence-corrected chi connectivity index (χ4v) is 3.90. The van der Waals surface area contributed by atoms with Crippen LogP contribution >= 0.6 is 34.8 Å². The van der Waals surface area contributed by atoms with E-state index in [2.05, 4.69) is 27.7 Å². The van der Waals surface area contributed by atoms with Crippen molar-refractivity contribution >= 4 is 34.8 Å². The van der Waals surface area contributed by atoms with Gasteiger partial charge >= 0.3 is 0 Å². The van der Waals surface area contributed by atoms with Crippen LogP contribution in [0.25, 0.3) is 0 Å². The highest BCUT2D eigenvalue weighted by Crippen LogP contribution is 2.38. The molecule has 0 heterocycles. The van der Waals surface area contributed by atoms with Gasteiger partial charge in [0, 0.05) is 15.1 Å². The summed E-state index contributed by atoms with van der Waals surface area (Å²) >= 11 is 18.8. The van der Waals surface area contributed by atoms with E-state index >= 15 is 0 Å². The van der Waals surface area contributed by atoms with Gasteiger partial charge in [0.1, 0.15) is 5.82 Å². The van der Waals surface area contributed by atoms with Crippen molar-refractivity contribution < 1.29 is 4.39 Å². The zero-order valence-corrected chi connectivity index (χ0v) is 16.0. The van der Waals surface area contributed by atoms with E-state index in [0.717, 1.165) is 16.7 Å². The highest BCUT2D eigenvalue weighted by Gasteiger charge is 2.25. The molecule has 0 bridgehead atoms. The van der Waals surface area contributed by atoms with E-state index in [1.807, 2.05) is 12.1 Å². The molecule has 2 rings (SSSR count). The Bertz CT molecular complexity index is 701. The minimum atomic E-state index is -0.328. The minimum Gasteiger partial charge on any atom is -0.207 e. The number of rotatable bonds is 4. The predicted octanol–water partition coefficient (Wildman–Crippen LogP) is 7.43. The highest BCUT2D eigenvalue weighted by molar-refractivity contribution is 6.36. The Morgan fingerprint density at radius 1 is 1.04 bits per heavy atom. The van der Waals surface area contributed by atoms with E-state index in [0.29, 0.717) is 21.5 Å². The minimum absolute atomic E-state index is 0.238. The molecule has 2 aromatic carbocycles. The quantitative estimate of drug-likeness (QED) is 0.522. The van der Waals surface area contributed by atoms with Crippen molar-refractivity contribution in [3.63, 3.8) is 0 Å². The zero-order chi connectivity index (χ0) is 17.4. The van der Waals surface area contributed by atoms with Crippen LogP contribution in [0.5, 0.6) is 0 Å². The predicted molar refractivity (Wildman–Crippen MR) is 98.7 cm³/mol. The first-order chi connectivity index (χ1) is 10.6. The number of benzene rings is 2. The molecule has 0 radical (unpaired) electrons. The van der Waals surface area contributed by atoms with Crippen molar-refractivity contribution in [3.05, 3.63) is 67.9 Å². The lowest BCUT2D eigenvalue weighted by Gasteiger charge is -2.27. The van der Waals surface area contributed by atoms with Gasteiger partial charge in [-0.15, -0.1) is 0 Å². The fourth-order valence-electron chi connectivity index (χ4n) is 2.80. The van der Waals surface area contributed by atoms with Gasteiger partial charge in [0.15, 0.2) is 0 Å². The molecular weight excluding hydrogens is 354 g/mol. The Morgan fingerprint density at radius 3 is 2.26 bits per heavy atom. The highest BCUT2D eigenvalue weighted by atomic mass is 35.5. The lowest BCUT2D eigenvalue weighted by Crippen LogP contribution is -2.21. The Morgan fingerprint density at radius 2 is 1.70 bits per heavy atom. The van der Waals surface area contributed by atoms with Gasteiger partial charge < -0.3 is 0 Å². The summed E-state index contributed by atoms with van der Waals surface area (Å²) in [6, 6.07) is 8.47. The standard InChI is InChI=1S/C19H20Cl3F/c1-11(2)17-16(21)6-5-12(18(17)22)10-19(3,4)13-7-14(20)9-15(23)8-13/h5-9,11H,10H2,1-4H3. The van der Waals surface area contributed by atoms with Crippen LogP contribution in [0.15, 0.2) is 30.3 Å². The number of hydrogen-bond acceptors (Lipinski definition) is 0. The summed E-state index contributed by atoms with van der Waals surface area (Å²) in [6.45, 7) is 8.24. The topological polar surface area (TPSA) is 0 Å². The van der Waals surface area contributed by atoms with Crippen molar-refractivity contribution in [1.82, 2.24) is 0 Å². The van der Waals surface area contributed by atoms with Crippen LogP contribution in [0.1, 0.15) is 50.3 Å².